The number of aryl methyl sites for hydroxylation is 2. The van der Waals surface area contributed by atoms with Gasteiger partial charge in [0.15, 0.2) is 0 Å². The van der Waals surface area contributed by atoms with Crippen LogP contribution in [0.4, 0.5) is 0 Å². The van der Waals surface area contributed by atoms with Crippen molar-refractivity contribution < 1.29 is 0 Å². The average molecular weight is 263 g/mol. The molecular weight excluding hydrogens is 242 g/mol. The molecule has 4 heteroatoms. The van der Waals surface area contributed by atoms with Gasteiger partial charge in [-0.25, -0.2) is 4.98 Å². The van der Waals surface area contributed by atoms with Crippen molar-refractivity contribution in [1.29, 1.82) is 0 Å². The van der Waals surface area contributed by atoms with E-state index >= 15 is 0 Å². The fourth-order valence-corrected chi connectivity index (χ4v) is 3.23. The summed E-state index contributed by atoms with van der Waals surface area (Å²) in [4.78, 5) is 5.74. The molecule has 2 aromatic heterocycles. The molecule has 0 bridgehead atoms. The fourth-order valence-electron chi connectivity index (χ4n) is 2.23. The molecule has 0 aliphatic heterocycles. The Balaban J connectivity index is 2.11. The highest BCUT2D eigenvalue weighted by atomic mass is 32.1. The Morgan fingerprint density at radius 3 is 3.00 bits per heavy atom. The molecule has 0 amide bonds. The molecule has 2 rings (SSSR count). The third-order valence-electron chi connectivity index (χ3n) is 3.17. The van der Waals surface area contributed by atoms with Gasteiger partial charge in [-0.05, 0) is 29.9 Å². The zero-order valence-corrected chi connectivity index (χ0v) is 11.9. The first-order valence-electron chi connectivity index (χ1n) is 6.58. The van der Waals surface area contributed by atoms with Gasteiger partial charge in [0, 0.05) is 36.3 Å². The Labute approximate surface area is 113 Å². The fraction of sp³-hybridized carbons (Fsp3) is 0.500. The lowest BCUT2D eigenvalue weighted by atomic mass is 10.1. The van der Waals surface area contributed by atoms with Crippen LogP contribution in [0.5, 0.6) is 0 Å². The van der Waals surface area contributed by atoms with E-state index in [1.807, 2.05) is 12.4 Å². The molecule has 0 fully saturated rings. The SMILES string of the molecule is CCCn1ccnc1CC(N)c1sccc1CC. The predicted octanol–water partition coefficient (Wildman–Crippen LogP) is 3.16. The van der Waals surface area contributed by atoms with E-state index < -0.39 is 0 Å². The first kappa shape index (κ1) is 13.3. The lowest BCUT2D eigenvalue weighted by molar-refractivity contribution is 0.601. The van der Waals surface area contributed by atoms with Gasteiger partial charge in [-0.3, -0.25) is 0 Å². The zero-order valence-electron chi connectivity index (χ0n) is 11.1. The molecule has 2 N–H and O–H groups in total. The molecule has 18 heavy (non-hydrogen) atoms. The van der Waals surface area contributed by atoms with Crippen LogP contribution in [0.1, 0.15) is 42.6 Å². The van der Waals surface area contributed by atoms with E-state index in [2.05, 4.69) is 34.8 Å². The van der Waals surface area contributed by atoms with Crippen LogP contribution in [-0.2, 0) is 19.4 Å². The molecule has 0 aromatic carbocycles. The maximum atomic E-state index is 6.33. The maximum absolute atomic E-state index is 6.33. The van der Waals surface area contributed by atoms with E-state index in [9.17, 15) is 0 Å². The molecular formula is C14H21N3S. The third-order valence-corrected chi connectivity index (χ3v) is 4.26. The van der Waals surface area contributed by atoms with Gasteiger partial charge >= 0.3 is 0 Å². The van der Waals surface area contributed by atoms with E-state index in [0.29, 0.717) is 0 Å². The summed E-state index contributed by atoms with van der Waals surface area (Å²) < 4.78 is 2.21. The Hall–Kier alpha value is -1.13. The highest BCUT2D eigenvalue weighted by Gasteiger charge is 2.15. The van der Waals surface area contributed by atoms with Gasteiger partial charge in [-0.15, -0.1) is 11.3 Å². The normalized spacial score (nSPS) is 12.8. The second-order valence-electron chi connectivity index (χ2n) is 4.51. The number of hydrogen-bond acceptors (Lipinski definition) is 3. The highest BCUT2D eigenvalue weighted by molar-refractivity contribution is 7.10. The number of nitrogens with two attached hydrogens (primary N) is 1. The smallest absolute Gasteiger partial charge is 0.110 e. The van der Waals surface area contributed by atoms with Crippen molar-refractivity contribution in [2.45, 2.75) is 45.7 Å². The number of thiophene rings is 1. The molecule has 0 saturated carbocycles. The minimum atomic E-state index is 0.0676. The van der Waals surface area contributed by atoms with Crippen molar-refractivity contribution in [3.05, 3.63) is 40.1 Å². The van der Waals surface area contributed by atoms with Crippen LogP contribution in [0.3, 0.4) is 0 Å². The van der Waals surface area contributed by atoms with E-state index in [4.69, 9.17) is 5.73 Å². The Kier molecular flexibility index (Phi) is 4.55. The summed E-state index contributed by atoms with van der Waals surface area (Å²) >= 11 is 1.76. The standard InChI is InChI=1S/C14H21N3S/c1-3-7-17-8-6-16-13(17)10-12(15)14-11(4-2)5-9-18-14/h5-6,8-9,12H,3-4,7,10,15H2,1-2H3. The van der Waals surface area contributed by atoms with Crippen LogP contribution in [0.25, 0.3) is 0 Å². The second kappa shape index (κ2) is 6.16. The molecule has 0 radical (unpaired) electrons. The van der Waals surface area contributed by atoms with Crippen LogP contribution in [0.2, 0.25) is 0 Å². The molecule has 0 saturated heterocycles. The number of rotatable bonds is 6. The first-order chi connectivity index (χ1) is 8.76. The Bertz CT molecular complexity index is 487. The van der Waals surface area contributed by atoms with Gasteiger partial charge in [-0.2, -0.15) is 0 Å². The number of imidazole rings is 1. The summed E-state index contributed by atoms with van der Waals surface area (Å²) in [5.41, 5.74) is 7.71. The van der Waals surface area contributed by atoms with Gasteiger partial charge in [0.25, 0.3) is 0 Å². The molecule has 2 heterocycles. The quantitative estimate of drug-likeness (QED) is 0.870. The summed E-state index contributed by atoms with van der Waals surface area (Å²) in [5.74, 6) is 1.10. The minimum absolute atomic E-state index is 0.0676. The number of hydrogen-bond donors (Lipinski definition) is 1. The second-order valence-corrected chi connectivity index (χ2v) is 5.46. The molecule has 0 aliphatic rings. The van der Waals surface area contributed by atoms with Gasteiger partial charge in [0.1, 0.15) is 5.82 Å². The molecule has 3 nitrogen and oxygen atoms in total. The predicted molar refractivity (Wildman–Crippen MR) is 76.8 cm³/mol. The summed E-state index contributed by atoms with van der Waals surface area (Å²) in [7, 11) is 0. The molecule has 1 atom stereocenters. The Morgan fingerprint density at radius 2 is 2.28 bits per heavy atom. The largest absolute Gasteiger partial charge is 0.335 e. The van der Waals surface area contributed by atoms with E-state index in [1.165, 1.54) is 10.4 Å². The van der Waals surface area contributed by atoms with Crippen molar-refractivity contribution in [1.82, 2.24) is 9.55 Å². The van der Waals surface area contributed by atoms with Gasteiger partial charge < -0.3 is 10.3 Å². The number of nitrogens with zero attached hydrogens (tertiary/aromatic N) is 2. The van der Waals surface area contributed by atoms with Crippen molar-refractivity contribution in [3.8, 4) is 0 Å². The van der Waals surface area contributed by atoms with E-state index in [1.54, 1.807) is 11.3 Å². The topological polar surface area (TPSA) is 43.8 Å². The zero-order chi connectivity index (χ0) is 13.0. The lowest BCUT2D eigenvalue weighted by Crippen LogP contribution is -2.16. The summed E-state index contributed by atoms with van der Waals surface area (Å²) in [6, 6.07) is 2.25. The molecule has 0 aliphatic carbocycles. The summed E-state index contributed by atoms with van der Waals surface area (Å²) in [5, 5.41) is 2.13. The molecule has 98 valence electrons. The molecule has 1 unspecified atom stereocenters. The van der Waals surface area contributed by atoms with Crippen LogP contribution >= 0.6 is 11.3 Å². The van der Waals surface area contributed by atoms with Crippen LogP contribution in [0, 0.1) is 0 Å². The molecule has 2 aromatic rings. The van der Waals surface area contributed by atoms with Gasteiger partial charge in [0.2, 0.25) is 0 Å². The van der Waals surface area contributed by atoms with Crippen molar-refractivity contribution >= 4 is 11.3 Å². The van der Waals surface area contributed by atoms with Crippen LogP contribution in [0.15, 0.2) is 23.8 Å². The van der Waals surface area contributed by atoms with E-state index in [0.717, 1.165) is 31.6 Å². The lowest BCUT2D eigenvalue weighted by Gasteiger charge is -2.13. The Morgan fingerprint density at radius 1 is 1.44 bits per heavy atom. The minimum Gasteiger partial charge on any atom is -0.335 e. The summed E-state index contributed by atoms with van der Waals surface area (Å²) in [6.07, 6.45) is 6.90. The van der Waals surface area contributed by atoms with Crippen LogP contribution < -0.4 is 5.73 Å². The maximum Gasteiger partial charge on any atom is 0.110 e. The van der Waals surface area contributed by atoms with Gasteiger partial charge in [0.05, 0.1) is 0 Å². The van der Waals surface area contributed by atoms with Crippen LogP contribution in [-0.4, -0.2) is 9.55 Å². The molecule has 0 spiro atoms. The number of aromatic nitrogens is 2. The van der Waals surface area contributed by atoms with Crippen molar-refractivity contribution in [3.63, 3.8) is 0 Å². The highest BCUT2D eigenvalue weighted by Crippen LogP contribution is 2.25. The van der Waals surface area contributed by atoms with Crippen molar-refractivity contribution in [2.24, 2.45) is 5.73 Å². The monoisotopic (exact) mass is 263 g/mol. The first-order valence-corrected chi connectivity index (χ1v) is 7.46. The summed E-state index contributed by atoms with van der Waals surface area (Å²) in [6.45, 7) is 5.38. The average Bonchev–Trinajstić information content (AvgIpc) is 2.98. The van der Waals surface area contributed by atoms with E-state index in [-0.39, 0.29) is 6.04 Å². The van der Waals surface area contributed by atoms with Gasteiger partial charge in [-0.1, -0.05) is 13.8 Å². The van der Waals surface area contributed by atoms with Crippen molar-refractivity contribution in [2.75, 3.05) is 0 Å². The third kappa shape index (κ3) is 2.82.